The standard InChI is InChI=1S/C31H59O13P/c1-3-5-7-9-10-11-12-13-14-16-17-19-24(32)41-23(22-44-25(42-44)20-18-15-8-6-4-2)21-40-45(38,39)43-31-29(36)27(34)26(33)28(35)30(31)37/h23,25-31,33-37H,3-22H2,1-2H3/p+1/t23-,25?,26?,27-,28+,29-,30-,31?/m1/s1. The van der Waals surface area contributed by atoms with E-state index in [1.807, 2.05) is 0 Å². The normalized spacial score (nSPS) is 28.9. The van der Waals surface area contributed by atoms with Crippen molar-refractivity contribution in [1.82, 2.24) is 0 Å². The highest BCUT2D eigenvalue weighted by Gasteiger charge is 2.52. The molecular weight excluding hydrogens is 611 g/mol. The van der Waals surface area contributed by atoms with E-state index in [0.29, 0.717) is 6.42 Å². The minimum atomic E-state index is -5.00. The summed E-state index contributed by atoms with van der Waals surface area (Å²) in [7, 11) is -5.00. The van der Waals surface area contributed by atoms with Crippen LogP contribution in [0.3, 0.4) is 0 Å². The van der Waals surface area contributed by atoms with E-state index in [2.05, 4.69) is 18.4 Å². The molecule has 6 N–H and O–H groups in total. The first-order valence-electron chi connectivity index (χ1n) is 17.1. The van der Waals surface area contributed by atoms with Crippen molar-refractivity contribution in [3.8, 4) is 0 Å². The molecule has 1 aliphatic heterocycles. The molecule has 14 heteroatoms. The smallest absolute Gasteiger partial charge is 0.451 e. The summed E-state index contributed by atoms with van der Waals surface area (Å²) in [5.41, 5.74) is 0. The number of carbonyl (C=O) groups excluding carboxylic acids is 1. The lowest BCUT2D eigenvalue weighted by molar-refractivity contribution is -0.220. The van der Waals surface area contributed by atoms with Crippen LogP contribution in [0.4, 0.5) is 0 Å². The zero-order valence-corrected chi connectivity index (χ0v) is 28.1. The SMILES string of the molecule is CCCCCCCCCCCCCC(=O)O[C@H](COP(=O)(O)OC1[C@H](O)[C@H](O)C(O)[C@H](O)[C@H]1O)C[O+]1OC1CCCCCCC. The van der Waals surface area contributed by atoms with E-state index >= 15 is 0 Å². The number of phosphoric ester groups is 1. The number of carbonyl (C=O) groups is 1. The molecule has 0 amide bonds. The van der Waals surface area contributed by atoms with Gasteiger partial charge in [-0.3, -0.25) is 13.8 Å². The average molecular weight is 672 g/mol. The van der Waals surface area contributed by atoms with Gasteiger partial charge in [-0.2, -0.15) is 4.52 Å². The highest BCUT2D eigenvalue weighted by atomic mass is 31.2. The Morgan fingerprint density at radius 3 is 1.73 bits per heavy atom. The maximum Gasteiger partial charge on any atom is 0.472 e. The third-order valence-electron chi connectivity index (χ3n) is 8.41. The second-order valence-corrected chi connectivity index (χ2v) is 13.9. The summed E-state index contributed by atoms with van der Waals surface area (Å²) in [6, 6.07) is 0. The first-order chi connectivity index (χ1) is 21.5. The summed E-state index contributed by atoms with van der Waals surface area (Å²) in [6.45, 7) is 3.81. The van der Waals surface area contributed by atoms with Gasteiger partial charge in [-0.15, -0.1) is 0 Å². The zero-order chi connectivity index (χ0) is 33.2. The lowest BCUT2D eigenvalue weighted by Crippen LogP contribution is -2.64. The first kappa shape index (κ1) is 40.5. The molecule has 2 fully saturated rings. The molecule has 1 saturated carbocycles. The van der Waals surface area contributed by atoms with E-state index in [9.17, 15) is 39.8 Å². The third kappa shape index (κ3) is 15.8. The van der Waals surface area contributed by atoms with E-state index in [-0.39, 0.29) is 19.3 Å². The molecule has 1 heterocycles. The van der Waals surface area contributed by atoms with Crippen LogP contribution in [0.2, 0.25) is 0 Å². The number of aliphatic hydroxyl groups excluding tert-OH is 5. The Kier molecular flexibility index (Phi) is 19.8. The number of phosphoric acid groups is 1. The van der Waals surface area contributed by atoms with Crippen LogP contribution in [0.15, 0.2) is 0 Å². The van der Waals surface area contributed by atoms with E-state index in [4.69, 9.17) is 18.7 Å². The molecule has 45 heavy (non-hydrogen) atoms. The number of esters is 1. The molecule has 2 aliphatic rings. The summed E-state index contributed by atoms with van der Waals surface area (Å²) in [4.78, 5) is 28.5. The second-order valence-electron chi connectivity index (χ2n) is 12.5. The molecular formula is C31H60O13P+. The Balaban J connectivity index is 1.81. The highest BCUT2D eigenvalue weighted by Crippen LogP contribution is 2.47. The topological polar surface area (TPSA) is 198 Å². The summed E-state index contributed by atoms with van der Waals surface area (Å²) in [6.07, 6.45) is 6.14. The highest BCUT2D eigenvalue weighted by molar-refractivity contribution is 7.47. The minimum Gasteiger partial charge on any atom is -0.451 e. The maximum absolute atomic E-state index is 12.7. The van der Waals surface area contributed by atoms with Crippen LogP contribution in [0.5, 0.6) is 0 Å². The van der Waals surface area contributed by atoms with Crippen molar-refractivity contribution in [3.05, 3.63) is 0 Å². The van der Waals surface area contributed by atoms with Crippen molar-refractivity contribution >= 4 is 13.8 Å². The van der Waals surface area contributed by atoms with Crippen LogP contribution in [-0.4, -0.2) is 98.6 Å². The van der Waals surface area contributed by atoms with Crippen LogP contribution >= 0.6 is 7.82 Å². The van der Waals surface area contributed by atoms with Gasteiger partial charge in [-0.25, -0.2) is 4.57 Å². The predicted molar refractivity (Wildman–Crippen MR) is 166 cm³/mol. The van der Waals surface area contributed by atoms with Gasteiger partial charge in [-0.1, -0.05) is 104 Å². The van der Waals surface area contributed by atoms with Gasteiger partial charge in [0.1, 0.15) is 43.2 Å². The first-order valence-corrected chi connectivity index (χ1v) is 18.6. The molecule has 266 valence electrons. The number of hydrogen-bond acceptors (Lipinski definition) is 11. The Labute approximate surface area is 268 Å². The molecule has 2 rings (SSSR count). The lowest BCUT2D eigenvalue weighted by atomic mass is 9.85. The number of rotatable bonds is 26. The Bertz CT molecular complexity index is 832. The molecule has 0 aromatic rings. The monoisotopic (exact) mass is 671 g/mol. The fourth-order valence-corrected chi connectivity index (χ4v) is 6.49. The van der Waals surface area contributed by atoms with Gasteiger partial charge in [0.25, 0.3) is 0 Å². The number of unbranched alkanes of at least 4 members (excludes halogenated alkanes) is 14. The summed E-state index contributed by atoms with van der Waals surface area (Å²) >= 11 is 0. The molecule has 4 unspecified atom stereocenters. The molecule has 1 saturated heterocycles. The summed E-state index contributed by atoms with van der Waals surface area (Å²) in [5, 5.41) is 49.8. The maximum atomic E-state index is 12.7. The van der Waals surface area contributed by atoms with Gasteiger partial charge in [0.2, 0.25) is 6.61 Å². The quantitative estimate of drug-likeness (QED) is 0.0193. The third-order valence-corrected chi connectivity index (χ3v) is 9.40. The van der Waals surface area contributed by atoms with Gasteiger partial charge < -0.3 is 35.2 Å². The van der Waals surface area contributed by atoms with E-state index in [0.717, 1.165) is 51.4 Å². The Morgan fingerprint density at radius 2 is 1.20 bits per heavy atom. The van der Waals surface area contributed by atoms with Crippen LogP contribution in [0.1, 0.15) is 129 Å². The van der Waals surface area contributed by atoms with Gasteiger partial charge in [0.05, 0.1) is 6.42 Å². The minimum absolute atomic E-state index is 0.0158. The molecule has 0 spiro atoms. The molecule has 0 aromatic carbocycles. The molecule has 0 radical (unpaired) electrons. The van der Waals surface area contributed by atoms with Crippen molar-refractivity contribution < 1.29 is 63.0 Å². The van der Waals surface area contributed by atoms with Gasteiger partial charge >= 0.3 is 20.1 Å². The molecule has 0 aromatic heterocycles. The molecule has 1 aliphatic carbocycles. The molecule has 0 bridgehead atoms. The average Bonchev–Trinajstić information content (AvgIpc) is 3.76. The predicted octanol–water partition coefficient (Wildman–Crippen LogP) is 4.10. The van der Waals surface area contributed by atoms with E-state index in [1.54, 1.807) is 0 Å². The number of ether oxygens (including phenoxy) is 1. The van der Waals surface area contributed by atoms with Crippen LogP contribution in [-0.2, 0) is 32.5 Å². The fraction of sp³-hybridized carbons (Fsp3) is 0.968. The number of hydrogen-bond donors (Lipinski definition) is 6. The van der Waals surface area contributed by atoms with Gasteiger partial charge in [0, 0.05) is 6.42 Å². The van der Waals surface area contributed by atoms with Gasteiger partial charge in [0.15, 0.2) is 6.10 Å². The van der Waals surface area contributed by atoms with E-state index < -0.39 is 63.1 Å². The number of aliphatic hydroxyl groups is 5. The van der Waals surface area contributed by atoms with Crippen molar-refractivity contribution in [2.75, 3.05) is 13.2 Å². The summed E-state index contributed by atoms with van der Waals surface area (Å²) in [5.74, 6) is -0.481. The van der Waals surface area contributed by atoms with Crippen molar-refractivity contribution in [3.63, 3.8) is 0 Å². The van der Waals surface area contributed by atoms with Crippen LogP contribution in [0.25, 0.3) is 0 Å². The largest absolute Gasteiger partial charge is 0.472 e. The summed E-state index contributed by atoms with van der Waals surface area (Å²) < 4.78 is 30.8. The second kappa shape index (κ2) is 22.0. The van der Waals surface area contributed by atoms with Crippen LogP contribution < -0.4 is 0 Å². The fourth-order valence-electron chi connectivity index (χ4n) is 5.52. The van der Waals surface area contributed by atoms with Crippen molar-refractivity contribution in [2.24, 2.45) is 0 Å². The van der Waals surface area contributed by atoms with Crippen LogP contribution in [0, 0.1) is 0 Å². The van der Waals surface area contributed by atoms with Crippen molar-refractivity contribution in [1.29, 1.82) is 0 Å². The Morgan fingerprint density at radius 1 is 0.733 bits per heavy atom. The lowest BCUT2D eigenvalue weighted by Gasteiger charge is -2.41. The Hall–Kier alpha value is -0.700. The zero-order valence-electron chi connectivity index (χ0n) is 27.2. The molecule has 13 nitrogen and oxygen atoms in total. The van der Waals surface area contributed by atoms with Crippen molar-refractivity contribution in [2.45, 2.75) is 178 Å². The van der Waals surface area contributed by atoms with E-state index in [1.165, 1.54) is 51.4 Å². The molecule has 9 atom stereocenters. The van der Waals surface area contributed by atoms with Gasteiger partial charge in [-0.05, 0) is 17.7 Å².